The molecule has 1 fully saturated rings. The van der Waals surface area contributed by atoms with Crippen LogP contribution in [0.5, 0.6) is 0 Å². The molecule has 0 aromatic heterocycles. The summed E-state index contributed by atoms with van der Waals surface area (Å²) in [6.07, 6.45) is -5.66. The molecule has 0 radical (unpaired) electrons. The smallest absolute Gasteiger partial charge is 0.381 e. The summed E-state index contributed by atoms with van der Waals surface area (Å²) in [6, 6.07) is 8.17. The molecule has 1 saturated heterocycles. The van der Waals surface area contributed by atoms with Crippen LogP contribution in [0, 0.1) is 5.82 Å². The van der Waals surface area contributed by atoms with E-state index in [1.54, 1.807) is 0 Å². The summed E-state index contributed by atoms with van der Waals surface area (Å²) in [6.45, 7) is 2.12. The molecule has 4 rings (SSSR count). The molecule has 0 bridgehead atoms. The minimum Gasteiger partial charge on any atom is -0.381 e. The minimum atomic E-state index is -4.93. The van der Waals surface area contributed by atoms with Crippen LogP contribution < -0.4 is 0 Å². The predicted octanol–water partition coefficient (Wildman–Crippen LogP) is 4.84. The number of benzene rings is 2. The van der Waals surface area contributed by atoms with Crippen LogP contribution >= 0.6 is 11.6 Å². The maximum atomic E-state index is 15.2. The minimum absolute atomic E-state index is 0.0513. The van der Waals surface area contributed by atoms with Crippen molar-refractivity contribution >= 4 is 23.2 Å². The fourth-order valence-corrected chi connectivity index (χ4v) is 4.30. The van der Waals surface area contributed by atoms with E-state index in [0.717, 1.165) is 12.1 Å². The first-order valence-corrected chi connectivity index (χ1v) is 10.6. The number of hydrogen-bond acceptors (Lipinski definition) is 4. The second kappa shape index (κ2) is 7.91. The van der Waals surface area contributed by atoms with Gasteiger partial charge in [0, 0.05) is 17.0 Å². The summed E-state index contributed by atoms with van der Waals surface area (Å²) in [5.41, 5.74) is -6.46. The number of alkyl halides is 4. The predicted molar refractivity (Wildman–Crippen MR) is 113 cm³/mol. The standard InChI is InChI=1S/C23H20ClF5N2O3/c1-20(2,33)19(32)31-11-21(26,12-31)14-5-3-13(4-6-14)18-10-22(34-30-18,23(27,28)29)15-7-16(24)9-17(25)8-15/h3-9,33H,10-12H2,1-2H3. The van der Waals surface area contributed by atoms with Crippen LogP contribution in [-0.2, 0) is 20.9 Å². The van der Waals surface area contributed by atoms with E-state index in [1.807, 2.05) is 0 Å². The van der Waals surface area contributed by atoms with Crippen LogP contribution in [0.15, 0.2) is 47.6 Å². The van der Waals surface area contributed by atoms with E-state index < -0.39 is 46.8 Å². The monoisotopic (exact) mass is 502 g/mol. The van der Waals surface area contributed by atoms with Gasteiger partial charge in [0.15, 0.2) is 5.67 Å². The van der Waals surface area contributed by atoms with Gasteiger partial charge in [0.1, 0.15) is 11.4 Å². The number of oxime groups is 1. The Hall–Kier alpha value is -2.72. The SMILES string of the molecule is CC(C)(O)C(=O)N1CC(F)(c2ccc(C3=NOC(c4cc(F)cc(Cl)c4)(C(F)(F)F)C3)cc2)C1. The first-order valence-electron chi connectivity index (χ1n) is 10.2. The largest absolute Gasteiger partial charge is 0.435 e. The molecule has 1 atom stereocenters. The van der Waals surface area contributed by atoms with Gasteiger partial charge >= 0.3 is 6.18 Å². The number of amides is 1. The lowest BCUT2D eigenvalue weighted by Crippen LogP contribution is -2.62. The number of nitrogens with zero attached hydrogens (tertiary/aromatic N) is 2. The molecule has 2 aliphatic heterocycles. The highest BCUT2D eigenvalue weighted by Gasteiger charge is 2.62. The zero-order chi connectivity index (χ0) is 25.1. The fourth-order valence-electron chi connectivity index (χ4n) is 4.08. The summed E-state index contributed by atoms with van der Waals surface area (Å²) in [5, 5.41) is 13.2. The van der Waals surface area contributed by atoms with E-state index in [9.17, 15) is 27.5 Å². The Morgan fingerprint density at radius 3 is 2.26 bits per heavy atom. The van der Waals surface area contributed by atoms with Crippen LogP contribution in [-0.4, -0.2) is 46.5 Å². The highest BCUT2D eigenvalue weighted by atomic mass is 35.5. The van der Waals surface area contributed by atoms with Crippen LogP contribution in [0.2, 0.25) is 5.02 Å². The van der Waals surface area contributed by atoms with Gasteiger partial charge in [-0.1, -0.05) is 41.0 Å². The Bertz CT molecular complexity index is 1130. The highest BCUT2D eigenvalue weighted by molar-refractivity contribution is 6.30. The Kier molecular flexibility index (Phi) is 5.68. The summed E-state index contributed by atoms with van der Waals surface area (Å²) in [4.78, 5) is 18.1. The molecule has 0 saturated carbocycles. The number of likely N-dealkylation sites (tertiary alicyclic amines) is 1. The molecule has 182 valence electrons. The molecule has 2 aromatic rings. The Balaban J connectivity index is 1.54. The number of hydrogen-bond donors (Lipinski definition) is 1. The van der Waals surface area contributed by atoms with Crippen molar-refractivity contribution in [3.63, 3.8) is 0 Å². The van der Waals surface area contributed by atoms with E-state index in [4.69, 9.17) is 16.4 Å². The van der Waals surface area contributed by atoms with Gasteiger partial charge in [-0.3, -0.25) is 4.79 Å². The molecule has 1 unspecified atom stereocenters. The van der Waals surface area contributed by atoms with E-state index >= 15 is 4.39 Å². The van der Waals surface area contributed by atoms with Crippen LogP contribution in [0.3, 0.4) is 0 Å². The Labute approximate surface area is 196 Å². The topological polar surface area (TPSA) is 62.1 Å². The van der Waals surface area contributed by atoms with Crippen molar-refractivity contribution in [2.75, 3.05) is 13.1 Å². The third-order valence-corrected chi connectivity index (χ3v) is 6.16. The molecular formula is C23H20ClF5N2O3. The number of aliphatic hydroxyl groups is 1. The number of carbonyl (C=O) groups is 1. The fraction of sp³-hybridized carbons (Fsp3) is 0.391. The normalized spacial score (nSPS) is 22.1. The maximum absolute atomic E-state index is 15.2. The third-order valence-electron chi connectivity index (χ3n) is 5.94. The Morgan fingerprint density at radius 2 is 1.74 bits per heavy atom. The lowest BCUT2D eigenvalue weighted by atomic mass is 9.84. The van der Waals surface area contributed by atoms with Crippen LogP contribution in [0.1, 0.15) is 37.0 Å². The molecule has 34 heavy (non-hydrogen) atoms. The molecule has 0 aliphatic carbocycles. The van der Waals surface area contributed by atoms with Crippen molar-refractivity contribution in [1.82, 2.24) is 4.90 Å². The average Bonchev–Trinajstić information content (AvgIpc) is 3.16. The highest BCUT2D eigenvalue weighted by Crippen LogP contribution is 2.49. The van der Waals surface area contributed by atoms with Crippen molar-refractivity contribution in [3.05, 3.63) is 70.0 Å². The second-order valence-corrected chi connectivity index (χ2v) is 9.49. The average molecular weight is 503 g/mol. The molecule has 2 heterocycles. The lowest BCUT2D eigenvalue weighted by molar-refractivity contribution is -0.275. The van der Waals surface area contributed by atoms with Gasteiger partial charge in [0.2, 0.25) is 0 Å². The van der Waals surface area contributed by atoms with Gasteiger partial charge in [-0.05, 0) is 43.2 Å². The summed E-state index contributed by atoms with van der Waals surface area (Å²) in [5.74, 6) is -1.55. The van der Waals surface area contributed by atoms with Gasteiger partial charge in [-0.2, -0.15) is 13.2 Å². The first kappa shape index (κ1) is 24.4. The summed E-state index contributed by atoms with van der Waals surface area (Å²) in [7, 11) is 0. The van der Waals surface area contributed by atoms with Crippen molar-refractivity contribution in [1.29, 1.82) is 0 Å². The van der Waals surface area contributed by atoms with Crippen molar-refractivity contribution in [2.45, 2.75) is 43.3 Å². The second-order valence-electron chi connectivity index (χ2n) is 9.05. The van der Waals surface area contributed by atoms with Crippen molar-refractivity contribution < 1.29 is 36.7 Å². The van der Waals surface area contributed by atoms with Gasteiger partial charge in [0.25, 0.3) is 11.5 Å². The van der Waals surface area contributed by atoms with Crippen LogP contribution in [0.25, 0.3) is 0 Å². The molecular weight excluding hydrogens is 483 g/mol. The number of halogens is 6. The number of rotatable bonds is 4. The van der Waals surface area contributed by atoms with Crippen molar-refractivity contribution in [3.8, 4) is 0 Å². The summed E-state index contributed by atoms with van der Waals surface area (Å²) >= 11 is 5.75. The molecule has 5 nitrogen and oxygen atoms in total. The lowest BCUT2D eigenvalue weighted by Gasteiger charge is -2.46. The molecule has 2 aliphatic rings. The van der Waals surface area contributed by atoms with Gasteiger partial charge in [-0.15, -0.1) is 0 Å². The maximum Gasteiger partial charge on any atom is 0.435 e. The van der Waals surface area contributed by atoms with E-state index in [2.05, 4.69) is 5.16 Å². The van der Waals surface area contributed by atoms with Gasteiger partial charge in [-0.25, -0.2) is 8.78 Å². The quantitative estimate of drug-likeness (QED) is 0.609. The van der Waals surface area contributed by atoms with Crippen molar-refractivity contribution in [2.24, 2.45) is 5.16 Å². The van der Waals surface area contributed by atoms with E-state index in [1.165, 1.54) is 43.0 Å². The molecule has 11 heteroatoms. The number of carbonyl (C=O) groups excluding carboxylic acids is 1. The summed E-state index contributed by atoms with van der Waals surface area (Å²) < 4.78 is 71.1. The first-order chi connectivity index (χ1) is 15.6. The van der Waals surface area contributed by atoms with Gasteiger partial charge < -0.3 is 14.8 Å². The van der Waals surface area contributed by atoms with E-state index in [-0.39, 0.29) is 35.0 Å². The molecule has 0 spiro atoms. The molecule has 1 amide bonds. The molecule has 1 N–H and O–H groups in total. The third kappa shape index (κ3) is 4.13. The Morgan fingerprint density at radius 1 is 1.12 bits per heavy atom. The zero-order valence-corrected chi connectivity index (χ0v) is 18.8. The van der Waals surface area contributed by atoms with Gasteiger partial charge in [0.05, 0.1) is 18.8 Å². The van der Waals surface area contributed by atoms with E-state index in [0.29, 0.717) is 6.07 Å². The zero-order valence-electron chi connectivity index (χ0n) is 18.1. The van der Waals surface area contributed by atoms with Crippen LogP contribution in [0.4, 0.5) is 22.0 Å². The molecule has 2 aromatic carbocycles.